The second-order valence-electron chi connectivity index (χ2n) is 4.19. The van der Waals surface area contributed by atoms with Crippen LogP contribution in [-0.2, 0) is 13.6 Å². The maximum absolute atomic E-state index is 5.79. The zero-order valence-corrected chi connectivity index (χ0v) is 10.4. The number of aromatic nitrogens is 5. The minimum absolute atomic E-state index is 0.502. The van der Waals surface area contributed by atoms with Crippen molar-refractivity contribution in [2.75, 3.05) is 11.1 Å². The first-order valence-corrected chi connectivity index (χ1v) is 5.81. The Morgan fingerprint density at radius 1 is 1.26 bits per heavy atom. The van der Waals surface area contributed by atoms with Gasteiger partial charge in [0.1, 0.15) is 18.5 Å². The average Bonchev–Trinajstić information content (AvgIpc) is 2.82. The van der Waals surface area contributed by atoms with Crippen molar-refractivity contribution in [2.45, 2.75) is 6.54 Å². The Kier molecular flexibility index (Phi) is 2.71. The van der Waals surface area contributed by atoms with Gasteiger partial charge in [0.05, 0.1) is 12.1 Å². The lowest BCUT2D eigenvalue weighted by Gasteiger charge is -2.06. The Hall–Kier alpha value is -2.70. The van der Waals surface area contributed by atoms with Crippen molar-refractivity contribution < 1.29 is 0 Å². The van der Waals surface area contributed by atoms with Crippen LogP contribution >= 0.6 is 0 Å². The number of fused-ring (bicyclic) bond motifs is 1. The molecule has 3 N–H and O–H groups in total. The number of hydrogen-bond acceptors (Lipinski definition) is 6. The standard InChI is InChI=1S/C12H13N7/c1-19-7-17-11(18-19)5-14-12-9-4-8(13)2-3-10(9)15-6-16-12/h2-4,6-7H,5,13H2,1H3,(H,14,15,16). The maximum Gasteiger partial charge on any atom is 0.169 e. The minimum atomic E-state index is 0.502. The molecule has 96 valence electrons. The van der Waals surface area contributed by atoms with Crippen LogP contribution in [-0.4, -0.2) is 24.7 Å². The predicted octanol–water partition coefficient (Wildman–Crippen LogP) is 0.953. The summed E-state index contributed by atoms with van der Waals surface area (Å²) in [5, 5.41) is 8.29. The average molecular weight is 255 g/mol. The SMILES string of the molecule is Cn1cnc(CNc2ncnc3ccc(N)cc23)n1. The quantitative estimate of drug-likeness (QED) is 0.677. The number of nitrogens with one attached hydrogen (secondary N) is 1. The van der Waals surface area contributed by atoms with Crippen molar-refractivity contribution in [1.82, 2.24) is 24.7 Å². The Morgan fingerprint density at radius 3 is 2.95 bits per heavy atom. The first-order valence-electron chi connectivity index (χ1n) is 5.81. The third-order valence-electron chi connectivity index (χ3n) is 2.72. The number of nitrogens with two attached hydrogens (primary N) is 1. The smallest absolute Gasteiger partial charge is 0.169 e. The van der Waals surface area contributed by atoms with Gasteiger partial charge in [-0.3, -0.25) is 4.68 Å². The van der Waals surface area contributed by atoms with Gasteiger partial charge in [0.15, 0.2) is 5.82 Å². The third-order valence-corrected chi connectivity index (χ3v) is 2.72. The molecule has 0 aliphatic rings. The van der Waals surface area contributed by atoms with E-state index in [4.69, 9.17) is 5.73 Å². The fraction of sp³-hybridized carbons (Fsp3) is 0.167. The van der Waals surface area contributed by atoms with E-state index in [1.165, 1.54) is 6.33 Å². The Balaban J connectivity index is 1.90. The number of aryl methyl sites for hydroxylation is 1. The molecule has 0 radical (unpaired) electrons. The predicted molar refractivity (Wildman–Crippen MR) is 72.3 cm³/mol. The van der Waals surface area contributed by atoms with Crippen molar-refractivity contribution in [3.05, 3.63) is 36.7 Å². The van der Waals surface area contributed by atoms with E-state index < -0.39 is 0 Å². The van der Waals surface area contributed by atoms with Gasteiger partial charge in [-0.05, 0) is 18.2 Å². The van der Waals surface area contributed by atoms with E-state index in [2.05, 4.69) is 25.4 Å². The summed E-state index contributed by atoms with van der Waals surface area (Å²) in [5.41, 5.74) is 7.32. The zero-order chi connectivity index (χ0) is 13.2. The summed E-state index contributed by atoms with van der Waals surface area (Å²) in [4.78, 5) is 12.6. The van der Waals surface area contributed by atoms with E-state index in [1.807, 2.05) is 25.2 Å². The molecule has 2 aromatic heterocycles. The molecule has 1 aromatic carbocycles. The Bertz CT molecular complexity index is 719. The molecule has 0 atom stereocenters. The highest BCUT2D eigenvalue weighted by Gasteiger charge is 2.05. The second-order valence-corrected chi connectivity index (χ2v) is 4.19. The van der Waals surface area contributed by atoms with Crippen LogP contribution in [0.15, 0.2) is 30.9 Å². The molecule has 3 rings (SSSR count). The van der Waals surface area contributed by atoms with Crippen molar-refractivity contribution in [2.24, 2.45) is 7.05 Å². The molecule has 0 saturated carbocycles. The topological polar surface area (TPSA) is 94.5 Å². The van der Waals surface area contributed by atoms with Crippen LogP contribution in [0.5, 0.6) is 0 Å². The molecule has 3 aromatic rings. The van der Waals surface area contributed by atoms with Gasteiger partial charge in [-0.2, -0.15) is 5.10 Å². The van der Waals surface area contributed by atoms with Crippen molar-refractivity contribution >= 4 is 22.4 Å². The summed E-state index contributed by atoms with van der Waals surface area (Å²) in [6.07, 6.45) is 3.18. The van der Waals surface area contributed by atoms with Gasteiger partial charge in [0.25, 0.3) is 0 Å². The summed E-state index contributed by atoms with van der Waals surface area (Å²) in [6, 6.07) is 5.54. The maximum atomic E-state index is 5.79. The molecule has 0 saturated heterocycles. The lowest BCUT2D eigenvalue weighted by atomic mass is 10.2. The van der Waals surface area contributed by atoms with Gasteiger partial charge in [-0.1, -0.05) is 0 Å². The van der Waals surface area contributed by atoms with E-state index >= 15 is 0 Å². The molecule has 0 unspecified atom stereocenters. The molecule has 0 aliphatic heterocycles. The number of nitrogens with zero attached hydrogens (tertiary/aromatic N) is 5. The highest BCUT2D eigenvalue weighted by atomic mass is 15.3. The van der Waals surface area contributed by atoms with E-state index in [-0.39, 0.29) is 0 Å². The molecule has 19 heavy (non-hydrogen) atoms. The van der Waals surface area contributed by atoms with Crippen LogP contribution in [0.3, 0.4) is 0 Å². The van der Waals surface area contributed by atoms with Crippen LogP contribution in [0.2, 0.25) is 0 Å². The van der Waals surface area contributed by atoms with Crippen LogP contribution in [0.4, 0.5) is 11.5 Å². The van der Waals surface area contributed by atoms with E-state index in [0.717, 1.165) is 16.7 Å². The van der Waals surface area contributed by atoms with E-state index in [0.29, 0.717) is 18.1 Å². The molecule has 2 heterocycles. The molecular formula is C12H13N7. The summed E-state index contributed by atoms with van der Waals surface area (Å²) < 4.78 is 1.66. The van der Waals surface area contributed by atoms with Crippen LogP contribution in [0, 0.1) is 0 Å². The summed E-state index contributed by atoms with van der Waals surface area (Å²) in [7, 11) is 1.83. The Labute approximate surface area is 109 Å². The molecule has 0 fully saturated rings. The van der Waals surface area contributed by atoms with Gasteiger partial charge in [-0.15, -0.1) is 0 Å². The van der Waals surface area contributed by atoms with Crippen LogP contribution in [0.25, 0.3) is 10.9 Å². The van der Waals surface area contributed by atoms with E-state index in [1.54, 1.807) is 11.0 Å². The lowest BCUT2D eigenvalue weighted by Crippen LogP contribution is -2.05. The van der Waals surface area contributed by atoms with Crippen molar-refractivity contribution in [3.63, 3.8) is 0 Å². The molecule has 7 heteroatoms. The summed E-state index contributed by atoms with van der Waals surface area (Å²) in [6.45, 7) is 0.502. The second kappa shape index (κ2) is 4.52. The first-order chi connectivity index (χ1) is 9.22. The molecular weight excluding hydrogens is 242 g/mol. The van der Waals surface area contributed by atoms with Crippen molar-refractivity contribution in [1.29, 1.82) is 0 Å². The number of anilines is 2. The highest BCUT2D eigenvalue weighted by Crippen LogP contribution is 2.21. The highest BCUT2D eigenvalue weighted by molar-refractivity contribution is 5.91. The molecule has 0 spiro atoms. The van der Waals surface area contributed by atoms with Crippen LogP contribution < -0.4 is 11.1 Å². The molecule has 0 aliphatic carbocycles. The molecule has 0 amide bonds. The fourth-order valence-electron chi connectivity index (χ4n) is 1.84. The minimum Gasteiger partial charge on any atom is -0.399 e. The largest absolute Gasteiger partial charge is 0.399 e. The zero-order valence-electron chi connectivity index (χ0n) is 10.4. The normalized spacial score (nSPS) is 10.8. The molecule has 7 nitrogen and oxygen atoms in total. The van der Waals surface area contributed by atoms with Gasteiger partial charge in [0.2, 0.25) is 0 Å². The van der Waals surface area contributed by atoms with Gasteiger partial charge < -0.3 is 11.1 Å². The van der Waals surface area contributed by atoms with Gasteiger partial charge in [-0.25, -0.2) is 15.0 Å². The third kappa shape index (κ3) is 2.30. The number of hydrogen-bond donors (Lipinski definition) is 2. The molecule has 0 bridgehead atoms. The number of rotatable bonds is 3. The van der Waals surface area contributed by atoms with Crippen LogP contribution in [0.1, 0.15) is 5.82 Å². The van der Waals surface area contributed by atoms with Gasteiger partial charge >= 0.3 is 0 Å². The Morgan fingerprint density at radius 2 is 2.16 bits per heavy atom. The van der Waals surface area contributed by atoms with E-state index in [9.17, 15) is 0 Å². The lowest BCUT2D eigenvalue weighted by molar-refractivity contribution is 0.747. The number of benzene rings is 1. The monoisotopic (exact) mass is 255 g/mol. The fourth-order valence-corrected chi connectivity index (χ4v) is 1.84. The summed E-state index contributed by atoms with van der Waals surface area (Å²) in [5.74, 6) is 1.43. The first kappa shape index (κ1) is 11.4. The number of nitrogen functional groups attached to an aromatic ring is 1. The summed E-state index contributed by atoms with van der Waals surface area (Å²) >= 11 is 0. The van der Waals surface area contributed by atoms with Crippen molar-refractivity contribution in [3.8, 4) is 0 Å². The van der Waals surface area contributed by atoms with Gasteiger partial charge in [0, 0.05) is 18.1 Å².